The van der Waals surface area contributed by atoms with E-state index in [0.29, 0.717) is 17.1 Å². The molecule has 1 amide bonds. The molecule has 0 unspecified atom stereocenters. The first kappa shape index (κ1) is 19.8. The summed E-state index contributed by atoms with van der Waals surface area (Å²) in [5.74, 6) is 0.713. The van der Waals surface area contributed by atoms with E-state index in [1.807, 2.05) is 49.5 Å². The molecule has 0 atom stereocenters. The third-order valence-corrected chi connectivity index (χ3v) is 4.71. The van der Waals surface area contributed by atoms with Gasteiger partial charge in [-0.25, -0.2) is 4.98 Å². The number of benzene rings is 1. The Kier molecular flexibility index (Phi) is 6.98. The molecule has 6 heteroatoms. The van der Waals surface area contributed by atoms with Gasteiger partial charge in [-0.15, -0.1) is 0 Å². The summed E-state index contributed by atoms with van der Waals surface area (Å²) in [4.78, 5) is 22.8. The number of aromatic nitrogens is 2. The number of carbonyl (C=O) groups is 1. The maximum absolute atomic E-state index is 12.3. The number of nitrogens with zero attached hydrogens (tertiary/aromatic N) is 3. The van der Waals surface area contributed by atoms with Crippen LogP contribution in [0.2, 0.25) is 5.02 Å². The van der Waals surface area contributed by atoms with Crippen LogP contribution in [0.15, 0.2) is 67.1 Å². The van der Waals surface area contributed by atoms with Crippen LogP contribution in [0.4, 0.5) is 5.82 Å². The quantitative estimate of drug-likeness (QED) is 0.631. The molecule has 28 heavy (non-hydrogen) atoms. The SMILES string of the molecule is CN(CCc1ccncc1)c1ccc(C(=O)NCCc2cccc(Cl)c2)cn1. The second-order valence-electron chi connectivity index (χ2n) is 6.57. The first-order valence-corrected chi connectivity index (χ1v) is 9.58. The van der Waals surface area contributed by atoms with Gasteiger partial charge in [0.15, 0.2) is 0 Å². The van der Waals surface area contributed by atoms with Crippen molar-refractivity contribution in [3.8, 4) is 0 Å². The molecule has 2 aromatic heterocycles. The topological polar surface area (TPSA) is 58.1 Å². The Bertz CT molecular complexity index is 900. The van der Waals surface area contributed by atoms with Crippen LogP contribution < -0.4 is 10.2 Å². The monoisotopic (exact) mass is 394 g/mol. The van der Waals surface area contributed by atoms with Gasteiger partial charge in [0.2, 0.25) is 0 Å². The van der Waals surface area contributed by atoms with Crippen LogP contribution in [0, 0.1) is 0 Å². The van der Waals surface area contributed by atoms with Gasteiger partial charge in [-0.2, -0.15) is 0 Å². The van der Waals surface area contributed by atoms with Gasteiger partial charge in [-0.3, -0.25) is 9.78 Å². The van der Waals surface area contributed by atoms with E-state index in [0.717, 1.165) is 30.8 Å². The summed E-state index contributed by atoms with van der Waals surface area (Å²) in [6, 6.07) is 15.4. The fraction of sp³-hybridized carbons (Fsp3) is 0.227. The normalized spacial score (nSPS) is 10.5. The lowest BCUT2D eigenvalue weighted by Gasteiger charge is -2.18. The number of amides is 1. The van der Waals surface area contributed by atoms with Crippen LogP contribution in [-0.2, 0) is 12.8 Å². The smallest absolute Gasteiger partial charge is 0.252 e. The van der Waals surface area contributed by atoms with Gasteiger partial charge >= 0.3 is 0 Å². The molecule has 0 saturated heterocycles. The molecule has 0 aliphatic carbocycles. The van der Waals surface area contributed by atoms with Gasteiger partial charge in [0.1, 0.15) is 5.82 Å². The number of carbonyl (C=O) groups excluding carboxylic acids is 1. The molecule has 3 rings (SSSR count). The number of hydrogen-bond donors (Lipinski definition) is 1. The fourth-order valence-corrected chi connectivity index (χ4v) is 3.03. The molecule has 0 saturated carbocycles. The minimum absolute atomic E-state index is 0.125. The van der Waals surface area contributed by atoms with Crippen LogP contribution in [0.3, 0.4) is 0 Å². The highest BCUT2D eigenvalue weighted by molar-refractivity contribution is 6.30. The van der Waals surface area contributed by atoms with E-state index in [2.05, 4.69) is 20.2 Å². The van der Waals surface area contributed by atoms with Gasteiger partial charge in [-0.05, 0) is 60.4 Å². The lowest BCUT2D eigenvalue weighted by Crippen LogP contribution is -2.26. The van der Waals surface area contributed by atoms with E-state index >= 15 is 0 Å². The lowest BCUT2D eigenvalue weighted by molar-refractivity contribution is 0.0954. The maximum Gasteiger partial charge on any atom is 0.252 e. The van der Waals surface area contributed by atoms with Crippen LogP contribution in [0.25, 0.3) is 0 Å². The van der Waals surface area contributed by atoms with Crippen molar-refractivity contribution in [2.24, 2.45) is 0 Å². The van der Waals surface area contributed by atoms with Crippen LogP contribution in [-0.4, -0.2) is 36.0 Å². The molecule has 2 heterocycles. The summed E-state index contributed by atoms with van der Waals surface area (Å²) in [6.07, 6.45) is 6.86. The van der Waals surface area contributed by atoms with Crippen molar-refractivity contribution in [3.63, 3.8) is 0 Å². The van der Waals surface area contributed by atoms with E-state index in [4.69, 9.17) is 11.6 Å². The Hall–Kier alpha value is -2.92. The van der Waals surface area contributed by atoms with Gasteiger partial charge in [0.05, 0.1) is 5.56 Å². The summed E-state index contributed by atoms with van der Waals surface area (Å²) in [5, 5.41) is 3.63. The minimum atomic E-state index is -0.125. The molecule has 0 aliphatic heterocycles. The van der Waals surface area contributed by atoms with E-state index in [1.165, 1.54) is 5.56 Å². The molecule has 0 radical (unpaired) electrons. The predicted molar refractivity (Wildman–Crippen MR) is 113 cm³/mol. The molecule has 0 fully saturated rings. The molecule has 1 aromatic carbocycles. The molecule has 5 nitrogen and oxygen atoms in total. The number of nitrogens with one attached hydrogen (secondary N) is 1. The van der Waals surface area contributed by atoms with Crippen molar-refractivity contribution >= 4 is 23.3 Å². The van der Waals surface area contributed by atoms with Crippen molar-refractivity contribution in [2.75, 3.05) is 25.0 Å². The van der Waals surface area contributed by atoms with Gasteiger partial charge in [0.25, 0.3) is 5.91 Å². The molecule has 144 valence electrons. The Morgan fingerprint density at radius 3 is 2.61 bits per heavy atom. The van der Waals surface area contributed by atoms with Crippen LogP contribution >= 0.6 is 11.6 Å². The minimum Gasteiger partial charge on any atom is -0.359 e. The van der Waals surface area contributed by atoms with Crippen molar-refractivity contribution < 1.29 is 4.79 Å². The second kappa shape index (κ2) is 9.85. The average molecular weight is 395 g/mol. The lowest BCUT2D eigenvalue weighted by atomic mass is 10.1. The van der Waals surface area contributed by atoms with E-state index < -0.39 is 0 Å². The van der Waals surface area contributed by atoms with E-state index in [-0.39, 0.29) is 5.91 Å². The molecular formula is C22H23ClN4O. The summed E-state index contributed by atoms with van der Waals surface area (Å²) >= 11 is 5.98. The average Bonchev–Trinajstić information content (AvgIpc) is 2.73. The van der Waals surface area contributed by atoms with Gasteiger partial charge in [-0.1, -0.05) is 23.7 Å². The van der Waals surface area contributed by atoms with Gasteiger partial charge < -0.3 is 10.2 Å². The number of halogens is 1. The Labute approximate surface area is 170 Å². The van der Waals surface area contributed by atoms with Gasteiger partial charge in [0, 0.05) is 43.8 Å². The standard InChI is InChI=1S/C22H23ClN4O/c1-27(14-10-17-7-11-24-12-8-17)21-6-5-19(16-26-21)22(28)25-13-9-18-3-2-4-20(23)15-18/h2-8,11-12,15-16H,9-10,13-14H2,1H3,(H,25,28). The Balaban J connectivity index is 1.48. The summed E-state index contributed by atoms with van der Waals surface area (Å²) in [7, 11) is 1.99. The van der Waals surface area contributed by atoms with E-state index in [9.17, 15) is 4.79 Å². The van der Waals surface area contributed by atoms with Crippen molar-refractivity contribution in [1.82, 2.24) is 15.3 Å². The first-order valence-electron chi connectivity index (χ1n) is 9.20. The molecular weight excluding hydrogens is 372 g/mol. The summed E-state index contributed by atoms with van der Waals surface area (Å²) in [6.45, 7) is 1.38. The number of pyridine rings is 2. The highest BCUT2D eigenvalue weighted by Gasteiger charge is 2.08. The fourth-order valence-electron chi connectivity index (χ4n) is 2.82. The largest absolute Gasteiger partial charge is 0.359 e. The maximum atomic E-state index is 12.3. The van der Waals surface area contributed by atoms with Crippen molar-refractivity contribution in [1.29, 1.82) is 0 Å². The zero-order chi connectivity index (χ0) is 19.8. The highest BCUT2D eigenvalue weighted by atomic mass is 35.5. The third kappa shape index (κ3) is 5.79. The molecule has 0 aliphatic rings. The molecule has 3 aromatic rings. The third-order valence-electron chi connectivity index (χ3n) is 4.47. The number of likely N-dealkylation sites (N-methyl/N-ethyl adjacent to an activating group) is 1. The Morgan fingerprint density at radius 2 is 1.89 bits per heavy atom. The second-order valence-corrected chi connectivity index (χ2v) is 7.00. The number of anilines is 1. The summed E-state index contributed by atoms with van der Waals surface area (Å²) in [5.41, 5.74) is 2.88. The summed E-state index contributed by atoms with van der Waals surface area (Å²) < 4.78 is 0. The highest BCUT2D eigenvalue weighted by Crippen LogP contribution is 2.12. The first-order chi connectivity index (χ1) is 13.6. The number of rotatable bonds is 8. The van der Waals surface area contributed by atoms with E-state index in [1.54, 1.807) is 24.7 Å². The van der Waals surface area contributed by atoms with Crippen molar-refractivity contribution in [2.45, 2.75) is 12.8 Å². The molecule has 1 N–H and O–H groups in total. The molecule has 0 spiro atoms. The predicted octanol–water partition coefficient (Wildman–Crippen LogP) is 3.78. The zero-order valence-corrected chi connectivity index (χ0v) is 16.6. The van der Waals surface area contributed by atoms with Crippen molar-refractivity contribution in [3.05, 3.63) is 88.8 Å². The zero-order valence-electron chi connectivity index (χ0n) is 15.8. The van der Waals surface area contributed by atoms with Crippen LogP contribution in [0.5, 0.6) is 0 Å². The van der Waals surface area contributed by atoms with Crippen LogP contribution in [0.1, 0.15) is 21.5 Å². The Morgan fingerprint density at radius 1 is 1.07 bits per heavy atom. The number of hydrogen-bond acceptors (Lipinski definition) is 4. The molecule has 0 bridgehead atoms.